The van der Waals surface area contributed by atoms with Gasteiger partial charge in [-0.3, -0.25) is 4.79 Å². The Morgan fingerprint density at radius 1 is 1.08 bits per heavy atom. The minimum atomic E-state index is -1.14. The van der Waals surface area contributed by atoms with Gasteiger partial charge in [0.1, 0.15) is 0 Å². The van der Waals surface area contributed by atoms with Gasteiger partial charge in [0.2, 0.25) is 5.75 Å². The molecule has 8 nitrogen and oxygen atoms in total. The molecule has 2 atom stereocenters. The van der Waals surface area contributed by atoms with Gasteiger partial charge in [0.15, 0.2) is 11.5 Å². The van der Waals surface area contributed by atoms with E-state index in [0.29, 0.717) is 17.2 Å². The Morgan fingerprint density at radius 2 is 1.68 bits per heavy atom. The number of carbonyl (C=O) groups excluding carboxylic acids is 1. The lowest BCUT2D eigenvalue weighted by atomic mass is 9.99. The predicted molar refractivity (Wildman–Crippen MR) is 88.2 cm³/mol. The van der Waals surface area contributed by atoms with Crippen molar-refractivity contribution in [3.05, 3.63) is 41.5 Å². The van der Waals surface area contributed by atoms with Gasteiger partial charge in [-0.2, -0.15) is 0 Å². The molecule has 0 bridgehead atoms. The Labute approximate surface area is 144 Å². The summed E-state index contributed by atoms with van der Waals surface area (Å²) >= 11 is 0. The predicted octanol–water partition coefficient (Wildman–Crippen LogP) is 0.752. The largest absolute Gasteiger partial charge is 0.493 e. The molecule has 25 heavy (non-hydrogen) atoms. The number of aliphatic carboxylic acids is 1. The van der Waals surface area contributed by atoms with E-state index in [-0.39, 0.29) is 11.1 Å². The highest BCUT2D eigenvalue weighted by molar-refractivity contribution is 5.96. The van der Waals surface area contributed by atoms with Gasteiger partial charge in [-0.25, -0.2) is 4.79 Å². The Balaban J connectivity index is 2.29. The van der Waals surface area contributed by atoms with Crippen molar-refractivity contribution in [2.75, 3.05) is 21.3 Å². The van der Waals surface area contributed by atoms with Gasteiger partial charge in [0, 0.05) is 5.56 Å². The van der Waals surface area contributed by atoms with Gasteiger partial charge in [-0.05, 0) is 24.3 Å². The van der Waals surface area contributed by atoms with E-state index in [9.17, 15) is 14.7 Å². The fourth-order valence-corrected chi connectivity index (χ4v) is 2.39. The lowest BCUT2D eigenvalue weighted by molar-refractivity contribution is -0.132. The molecule has 134 valence electrons. The second kappa shape index (κ2) is 7.71. The van der Waals surface area contributed by atoms with Gasteiger partial charge >= 0.3 is 5.97 Å². The molecule has 8 heteroatoms. The highest BCUT2D eigenvalue weighted by Crippen LogP contribution is 2.38. The summed E-state index contributed by atoms with van der Waals surface area (Å²) in [7, 11) is 4.30. The fourth-order valence-electron chi connectivity index (χ4n) is 2.39. The number of carboxylic acids is 1. The molecule has 0 aromatic heterocycles. The van der Waals surface area contributed by atoms with Gasteiger partial charge in [-0.1, -0.05) is 6.08 Å². The third-order valence-corrected chi connectivity index (χ3v) is 3.67. The van der Waals surface area contributed by atoms with Crippen LogP contribution in [0.15, 0.2) is 35.9 Å². The number of rotatable bonds is 6. The first-order valence-corrected chi connectivity index (χ1v) is 7.33. The summed E-state index contributed by atoms with van der Waals surface area (Å²) in [5.41, 5.74) is 0.196. The van der Waals surface area contributed by atoms with Gasteiger partial charge < -0.3 is 29.7 Å². The normalized spacial score (nSPS) is 19.0. The molecule has 1 aliphatic carbocycles. The zero-order valence-corrected chi connectivity index (χ0v) is 14.0. The molecular weight excluding hydrogens is 330 g/mol. The van der Waals surface area contributed by atoms with E-state index in [4.69, 9.17) is 19.3 Å². The van der Waals surface area contributed by atoms with E-state index in [0.717, 1.165) is 0 Å². The van der Waals surface area contributed by atoms with Crippen LogP contribution in [-0.4, -0.2) is 55.6 Å². The first kappa shape index (κ1) is 18.3. The van der Waals surface area contributed by atoms with Crippen molar-refractivity contribution in [3.8, 4) is 17.2 Å². The molecule has 1 aliphatic rings. The second-order valence-electron chi connectivity index (χ2n) is 5.19. The van der Waals surface area contributed by atoms with Crippen molar-refractivity contribution in [2.45, 2.75) is 12.1 Å². The number of methoxy groups -OCH3 is 3. The summed E-state index contributed by atoms with van der Waals surface area (Å²) in [6, 6.07) is 2.05. The molecule has 0 aliphatic heterocycles. The number of aliphatic hydroxyl groups excluding tert-OH is 1. The second-order valence-corrected chi connectivity index (χ2v) is 5.19. The highest BCUT2D eigenvalue weighted by atomic mass is 16.5. The minimum Gasteiger partial charge on any atom is -0.493 e. The third kappa shape index (κ3) is 3.92. The van der Waals surface area contributed by atoms with Crippen molar-refractivity contribution >= 4 is 11.9 Å². The zero-order valence-electron chi connectivity index (χ0n) is 14.0. The zero-order chi connectivity index (χ0) is 18.6. The number of benzene rings is 1. The van der Waals surface area contributed by atoms with Crippen molar-refractivity contribution in [1.82, 2.24) is 5.32 Å². The van der Waals surface area contributed by atoms with Crippen LogP contribution in [0.3, 0.4) is 0 Å². The molecule has 2 unspecified atom stereocenters. The molecule has 1 aromatic carbocycles. The topological polar surface area (TPSA) is 114 Å². The van der Waals surface area contributed by atoms with Crippen molar-refractivity contribution in [3.63, 3.8) is 0 Å². The highest BCUT2D eigenvalue weighted by Gasteiger charge is 2.24. The van der Waals surface area contributed by atoms with E-state index in [1.165, 1.54) is 51.7 Å². The number of carbonyl (C=O) groups is 2. The van der Waals surface area contributed by atoms with E-state index in [2.05, 4.69) is 5.32 Å². The summed E-state index contributed by atoms with van der Waals surface area (Å²) in [5.74, 6) is -0.722. The van der Waals surface area contributed by atoms with Gasteiger partial charge in [-0.15, -0.1) is 0 Å². The number of hydrogen-bond donors (Lipinski definition) is 3. The number of carboxylic acid groups (broad SMARTS) is 1. The molecule has 0 spiro atoms. The van der Waals surface area contributed by atoms with Crippen LogP contribution in [0.5, 0.6) is 17.2 Å². The Hall–Kier alpha value is -3.00. The first-order chi connectivity index (χ1) is 11.9. The van der Waals surface area contributed by atoms with Crippen LogP contribution in [0.1, 0.15) is 10.4 Å². The summed E-state index contributed by atoms with van der Waals surface area (Å²) < 4.78 is 15.6. The first-order valence-electron chi connectivity index (χ1n) is 7.33. The maximum atomic E-state index is 12.5. The van der Waals surface area contributed by atoms with Crippen LogP contribution in [0.4, 0.5) is 0 Å². The molecular formula is C17H19NO7. The summed E-state index contributed by atoms with van der Waals surface area (Å²) in [6.45, 7) is 0. The lowest BCUT2D eigenvalue weighted by Gasteiger charge is -2.22. The minimum absolute atomic E-state index is 0.0134. The number of aliphatic hydroxyl groups is 1. The van der Waals surface area contributed by atoms with Crippen LogP contribution >= 0.6 is 0 Å². The van der Waals surface area contributed by atoms with Crippen LogP contribution in [0, 0.1) is 0 Å². The van der Waals surface area contributed by atoms with E-state index in [1.807, 2.05) is 0 Å². The van der Waals surface area contributed by atoms with Crippen molar-refractivity contribution < 1.29 is 34.0 Å². The number of hydrogen-bond acceptors (Lipinski definition) is 6. The maximum Gasteiger partial charge on any atom is 0.335 e. The average Bonchev–Trinajstić information content (AvgIpc) is 2.61. The van der Waals surface area contributed by atoms with Crippen LogP contribution < -0.4 is 19.5 Å². The maximum absolute atomic E-state index is 12.5. The quantitative estimate of drug-likeness (QED) is 0.694. The van der Waals surface area contributed by atoms with Crippen LogP contribution in [0.2, 0.25) is 0 Å². The molecule has 0 saturated heterocycles. The van der Waals surface area contributed by atoms with Crippen LogP contribution in [-0.2, 0) is 4.79 Å². The molecule has 0 fully saturated rings. The Morgan fingerprint density at radius 3 is 2.16 bits per heavy atom. The van der Waals surface area contributed by atoms with E-state index in [1.54, 1.807) is 0 Å². The molecule has 0 heterocycles. The summed E-state index contributed by atoms with van der Waals surface area (Å²) in [4.78, 5) is 23.5. The van der Waals surface area contributed by atoms with Gasteiger partial charge in [0.05, 0.1) is 39.0 Å². The van der Waals surface area contributed by atoms with Crippen molar-refractivity contribution in [2.24, 2.45) is 0 Å². The van der Waals surface area contributed by atoms with Crippen LogP contribution in [0.25, 0.3) is 0 Å². The number of amides is 1. The summed E-state index contributed by atoms with van der Waals surface area (Å²) in [6.07, 6.45) is 2.84. The fraction of sp³-hybridized carbons (Fsp3) is 0.294. The molecule has 1 amide bonds. The van der Waals surface area contributed by atoms with Gasteiger partial charge in [0.25, 0.3) is 5.91 Å². The lowest BCUT2D eigenvalue weighted by Crippen LogP contribution is -2.42. The number of nitrogens with one attached hydrogen (secondary N) is 1. The third-order valence-electron chi connectivity index (χ3n) is 3.67. The molecule has 2 rings (SSSR count). The average molecular weight is 349 g/mol. The number of ether oxygens (including phenoxy) is 3. The van der Waals surface area contributed by atoms with Crippen molar-refractivity contribution in [1.29, 1.82) is 0 Å². The molecule has 3 N–H and O–H groups in total. The Bertz CT molecular complexity index is 714. The molecule has 1 aromatic rings. The smallest absolute Gasteiger partial charge is 0.335 e. The SMILES string of the molecule is COc1cc(C(=O)NC2C=C(C(=O)O)C=CC2O)cc(OC)c1OC. The monoisotopic (exact) mass is 349 g/mol. The molecule has 0 saturated carbocycles. The Kier molecular flexibility index (Phi) is 5.66. The molecule has 0 radical (unpaired) electrons. The van der Waals surface area contributed by atoms with E-state index < -0.39 is 24.0 Å². The standard InChI is InChI=1S/C17H19NO7/c1-23-13-7-10(8-14(24-2)15(13)25-3)16(20)18-11-6-9(17(21)22)4-5-12(11)19/h4-8,11-12,19H,1-3H3,(H,18,20)(H,21,22). The summed E-state index contributed by atoms with van der Waals surface area (Å²) in [5, 5.41) is 21.5. The van der Waals surface area contributed by atoms with E-state index >= 15 is 0 Å².